The third kappa shape index (κ3) is 5.74. The Morgan fingerprint density at radius 2 is 1.68 bits per heavy atom. The molecular formula is C24H22N4O5S. The molecule has 0 saturated heterocycles. The number of nitrogens with two attached hydrogens (primary N) is 2. The maximum absolute atomic E-state index is 12.8. The summed E-state index contributed by atoms with van der Waals surface area (Å²) >= 11 is 0. The predicted octanol–water partition coefficient (Wildman–Crippen LogP) is 2.48. The number of hydrogen-bond acceptors (Lipinski definition) is 6. The molecule has 1 amide bonds. The van der Waals surface area contributed by atoms with E-state index < -0.39 is 21.9 Å². The lowest BCUT2D eigenvalue weighted by Crippen LogP contribution is -2.21. The molecule has 174 valence electrons. The number of carbonyl (C=O) groups excluding carboxylic acids is 2. The molecule has 3 rings (SSSR count). The van der Waals surface area contributed by atoms with Crippen LogP contribution in [-0.2, 0) is 24.3 Å². The van der Waals surface area contributed by atoms with Gasteiger partial charge in [0.2, 0.25) is 10.0 Å². The average Bonchev–Trinajstić information content (AvgIpc) is 2.82. The van der Waals surface area contributed by atoms with Crippen LogP contribution in [0, 0.1) is 5.41 Å². The molecule has 0 aliphatic heterocycles. The zero-order valence-corrected chi connectivity index (χ0v) is 18.9. The molecule has 0 radical (unpaired) electrons. The molecule has 0 heterocycles. The fraction of sp³-hybridized carbons (Fsp3) is 0.0417. The summed E-state index contributed by atoms with van der Waals surface area (Å²) in [6.07, 6.45) is 1.34. The number of amidine groups is 1. The second-order valence-electron chi connectivity index (χ2n) is 7.16. The van der Waals surface area contributed by atoms with Crippen LogP contribution in [0.2, 0.25) is 0 Å². The average molecular weight is 479 g/mol. The lowest BCUT2D eigenvalue weighted by molar-refractivity contribution is -0.137. The van der Waals surface area contributed by atoms with Crippen molar-refractivity contribution in [2.45, 2.75) is 4.90 Å². The maximum Gasteiger partial charge on any atom is 0.343 e. The molecule has 0 saturated carbocycles. The normalized spacial score (nSPS) is 11.5. The van der Waals surface area contributed by atoms with Crippen LogP contribution in [0.25, 0.3) is 17.2 Å². The third-order valence-electron chi connectivity index (χ3n) is 4.81. The summed E-state index contributed by atoms with van der Waals surface area (Å²) in [7, 11) is -2.76. The van der Waals surface area contributed by atoms with E-state index in [1.807, 2.05) is 0 Å². The number of methoxy groups -OCH3 is 1. The molecule has 0 aliphatic rings. The van der Waals surface area contributed by atoms with E-state index in [9.17, 15) is 18.0 Å². The van der Waals surface area contributed by atoms with Crippen molar-refractivity contribution < 1.29 is 22.7 Å². The van der Waals surface area contributed by atoms with Crippen LogP contribution in [0.15, 0.2) is 83.3 Å². The number of benzene rings is 3. The zero-order valence-electron chi connectivity index (χ0n) is 18.1. The fourth-order valence-electron chi connectivity index (χ4n) is 3.17. The molecule has 0 bridgehead atoms. The molecule has 0 atom stereocenters. The van der Waals surface area contributed by atoms with Gasteiger partial charge in [0.15, 0.2) is 0 Å². The second kappa shape index (κ2) is 10.1. The summed E-state index contributed by atoms with van der Waals surface area (Å²) in [4.78, 5) is 25.1. The van der Waals surface area contributed by atoms with Gasteiger partial charge in [-0.15, -0.1) is 0 Å². The Balaban J connectivity index is 1.88. The Bertz CT molecular complexity index is 1400. The molecule has 34 heavy (non-hydrogen) atoms. The number of anilines is 1. The monoisotopic (exact) mass is 478 g/mol. The first-order valence-electron chi connectivity index (χ1n) is 9.88. The van der Waals surface area contributed by atoms with Gasteiger partial charge in [-0.2, -0.15) is 0 Å². The van der Waals surface area contributed by atoms with Crippen molar-refractivity contribution in [3.05, 3.63) is 89.5 Å². The van der Waals surface area contributed by atoms with Crippen LogP contribution >= 0.6 is 0 Å². The van der Waals surface area contributed by atoms with E-state index in [0.717, 1.165) is 7.11 Å². The number of esters is 1. The number of nitrogens with one attached hydrogen (secondary N) is 2. The number of rotatable bonds is 7. The van der Waals surface area contributed by atoms with Crippen molar-refractivity contribution in [2.75, 3.05) is 12.4 Å². The minimum absolute atomic E-state index is 0.0181. The number of hydrogen-bond donors (Lipinski definition) is 4. The molecule has 0 spiro atoms. The first-order valence-corrected chi connectivity index (χ1v) is 11.4. The Morgan fingerprint density at radius 3 is 2.29 bits per heavy atom. The Morgan fingerprint density at radius 1 is 1.00 bits per heavy atom. The summed E-state index contributed by atoms with van der Waals surface area (Å²) < 4.78 is 28.5. The van der Waals surface area contributed by atoms with Gasteiger partial charge in [-0.1, -0.05) is 48.5 Å². The van der Waals surface area contributed by atoms with Gasteiger partial charge >= 0.3 is 5.97 Å². The van der Waals surface area contributed by atoms with Crippen molar-refractivity contribution >= 4 is 39.5 Å². The molecular weight excluding hydrogens is 456 g/mol. The van der Waals surface area contributed by atoms with E-state index >= 15 is 0 Å². The molecule has 9 nitrogen and oxygen atoms in total. The van der Waals surface area contributed by atoms with Crippen LogP contribution in [0.3, 0.4) is 0 Å². The highest BCUT2D eigenvalue weighted by molar-refractivity contribution is 7.89. The van der Waals surface area contributed by atoms with Gasteiger partial charge < -0.3 is 15.8 Å². The van der Waals surface area contributed by atoms with Crippen LogP contribution in [0.5, 0.6) is 0 Å². The molecule has 3 aromatic rings. The molecule has 3 aromatic carbocycles. The highest BCUT2D eigenvalue weighted by Gasteiger charge is 2.20. The lowest BCUT2D eigenvalue weighted by atomic mass is 10.0. The number of primary sulfonamides is 1. The molecule has 0 fully saturated rings. The first-order chi connectivity index (χ1) is 16.1. The smallest absolute Gasteiger partial charge is 0.343 e. The first kappa shape index (κ1) is 24.4. The standard InChI is InChI=1S/C24H22N4O5S/c1-33-24(30)20(14-15-5-4-6-17(13-15)22(25)26)23(29)28-18-11-9-16(10-12-18)19-7-2-3-8-21(19)34(27,31)32/h2-14H,1H3,(H3,25,26)(H,28,29)(H2,27,31,32). The van der Waals surface area contributed by atoms with Crippen LogP contribution < -0.4 is 16.2 Å². The summed E-state index contributed by atoms with van der Waals surface area (Å²) in [5.41, 5.74) is 7.53. The highest BCUT2D eigenvalue weighted by Crippen LogP contribution is 2.27. The summed E-state index contributed by atoms with van der Waals surface area (Å²) in [6.45, 7) is 0. The molecule has 0 aromatic heterocycles. The van der Waals surface area contributed by atoms with E-state index in [0.29, 0.717) is 27.9 Å². The van der Waals surface area contributed by atoms with Crippen LogP contribution in [0.4, 0.5) is 5.69 Å². The van der Waals surface area contributed by atoms with Gasteiger partial charge in [0.1, 0.15) is 11.4 Å². The number of amides is 1. The van der Waals surface area contributed by atoms with Gasteiger partial charge in [-0.05, 0) is 41.5 Å². The highest BCUT2D eigenvalue weighted by atomic mass is 32.2. The largest absolute Gasteiger partial charge is 0.465 e. The van der Waals surface area contributed by atoms with Crippen LogP contribution in [0.1, 0.15) is 11.1 Å². The number of carbonyl (C=O) groups is 2. The molecule has 0 unspecified atom stereocenters. The quantitative estimate of drug-likeness (QED) is 0.102. The fourth-order valence-corrected chi connectivity index (χ4v) is 3.94. The van der Waals surface area contributed by atoms with Gasteiger partial charge in [0.25, 0.3) is 5.91 Å². The second-order valence-corrected chi connectivity index (χ2v) is 8.69. The molecule has 6 N–H and O–H groups in total. The zero-order chi connectivity index (χ0) is 24.9. The van der Waals surface area contributed by atoms with E-state index in [2.05, 4.69) is 5.32 Å². The predicted molar refractivity (Wildman–Crippen MR) is 129 cm³/mol. The summed E-state index contributed by atoms with van der Waals surface area (Å²) in [6, 6.07) is 19.2. The van der Waals surface area contributed by atoms with E-state index in [4.69, 9.17) is 21.0 Å². The lowest BCUT2D eigenvalue weighted by Gasteiger charge is -2.11. The maximum atomic E-state index is 12.8. The van der Waals surface area contributed by atoms with Crippen molar-refractivity contribution in [1.82, 2.24) is 0 Å². The van der Waals surface area contributed by atoms with Gasteiger partial charge in [-0.3, -0.25) is 10.2 Å². The Hall–Kier alpha value is -4.28. The Labute approximate surface area is 196 Å². The van der Waals surface area contributed by atoms with Crippen molar-refractivity contribution in [1.29, 1.82) is 5.41 Å². The summed E-state index contributed by atoms with van der Waals surface area (Å²) in [5, 5.41) is 15.5. The SMILES string of the molecule is COC(=O)C(=Cc1cccc(C(=N)N)c1)C(=O)Nc1ccc(-c2ccccc2S(N)(=O)=O)cc1. The number of ether oxygens (including phenoxy) is 1. The molecule has 0 aliphatic carbocycles. The van der Waals surface area contributed by atoms with E-state index in [1.165, 1.54) is 12.1 Å². The van der Waals surface area contributed by atoms with Gasteiger partial charge in [0, 0.05) is 16.8 Å². The molecule has 10 heteroatoms. The van der Waals surface area contributed by atoms with Gasteiger partial charge in [-0.25, -0.2) is 18.4 Å². The topological polar surface area (TPSA) is 165 Å². The third-order valence-corrected chi connectivity index (χ3v) is 5.77. The minimum atomic E-state index is -3.92. The Kier molecular flexibility index (Phi) is 7.24. The summed E-state index contributed by atoms with van der Waals surface area (Å²) in [5.74, 6) is -1.70. The van der Waals surface area contributed by atoms with Crippen molar-refractivity contribution in [3.8, 4) is 11.1 Å². The number of sulfonamides is 1. The van der Waals surface area contributed by atoms with Gasteiger partial charge in [0.05, 0.1) is 12.0 Å². The van der Waals surface area contributed by atoms with Crippen molar-refractivity contribution in [3.63, 3.8) is 0 Å². The van der Waals surface area contributed by atoms with Crippen molar-refractivity contribution in [2.24, 2.45) is 10.9 Å². The van der Waals surface area contributed by atoms with E-state index in [1.54, 1.807) is 66.7 Å². The van der Waals surface area contributed by atoms with E-state index in [-0.39, 0.29) is 16.3 Å². The minimum Gasteiger partial charge on any atom is -0.465 e. The number of nitrogen functional groups attached to an aromatic ring is 1. The van der Waals surface area contributed by atoms with Crippen LogP contribution in [-0.4, -0.2) is 33.2 Å².